The molecule has 0 aromatic carbocycles. The number of rotatable bonds is 4. The third-order valence-corrected chi connectivity index (χ3v) is 2.87. The number of hydrogen-bond donors (Lipinski definition) is 0. The fraction of sp³-hybridized carbons (Fsp3) is 0.667. The number of ether oxygens (including phenoxy) is 1. The van der Waals surface area contributed by atoms with Gasteiger partial charge in [-0.15, -0.1) is 0 Å². The van der Waals surface area contributed by atoms with Crippen molar-refractivity contribution in [3.8, 4) is 6.07 Å². The van der Waals surface area contributed by atoms with Crippen LogP contribution in [0.25, 0.3) is 0 Å². The maximum atomic E-state index is 11.1. The quantitative estimate of drug-likeness (QED) is 0.404. The van der Waals surface area contributed by atoms with Gasteiger partial charge in [-0.05, 0) is 12.3 Å². The average Bonchev–Trinajstić information content (AvgIpc) is 2.29. The molecule has 1 aliphatic carbocycles. The third kappa shape index (κ3) is 4.16. The Labute approximate surface area is 90.7 Å². The average molecular weight is 207 g/mol. The van der Waals surface area contributed by atoms with Crippen LogP contribution in [-0.4, -0.2) is 12.6 Å². The van der Waals surface area contributed by atoms with Crippen molar-refractivity contribution in [2.24, 2.45) is 5.92 Å². The summed E-state index contributed by atoms with van der Waals surface area (Å²) < 4.78 is 4.94. The lowest BCUT2D eigenvalue weighted by Gasteiger charge is -2.20. The molecule has 0 atom stereocenters. The van der Waals surface area contributed by atoms with E-state index in [4.69, 9.17) is 10.00 Å². The third-order valence-electron chi connectivity index (χ3n) is 2.87. The van der Waals surface area contributed by atoms with Crippen LogP contribution in [0.15, 0.2) is 12.2 Å². The molecule has 1 fully saturated rings. The zero-order valence-corrected chi connectivity index (χ0v) is 9.00. The Bertz CT molecular complexity index is 272. The van der Waals surface area contributed by atoms with Crippen LogP contribution in [0, 0.1) is 17.2 Å². The van der Waals surface area contributed by atoms with Gasteiger partial charge in [0.1, 0.15) is 11.6 Å². The van der Waals surface area contributed by atoms with E-state index in [9.17, 15) is 4.79 Å². The zero-order chi connectivity index (χ0) is 11.1. The summed E-state index contributed by atoms with van der Waals surface area (Å²) in [5, 5.41) is 8.40. The molecule has 0 spiro atoms. The van der Waals surface area contributed by atoms with E-state index >= 15 is 0 Å². The lowest BCUT2D eigenvalue weighted by Crippen LogP contribution is -2.13. The Hall–Kier alpha value is -1.30. The minimum Gasteiger partial charge on any atom is -0.462 e. The molecule has 0 N–H and O–H groups in total. The van der Waals surface area contributed by atoms with E-state index in [0.29, 0.717) is 12.5 Å². The predicted molar refractivity (Wildman–Crippen MR) is 56.9 cm³/mol. The first-order valence-corrected chi connectivity index (χ1v) is 5.50. The second-order valence-corrected chi connectivity index (χ2v) is 4.02. The first kappa shape index (κ1) is 11.8. The number of esters is 1. The minimum atomic E-state index is -0.576. The van der Waals surface area contributed by atoms with E-state index in [1.165, 1.54) is 32.1 Å². The van der Waals surface area contributed by atoms with Gasteiger partial charge in [0.05, 0.1) is 6.61 Å². The number of nitrogens with zero attached hydrogens (tertiary/aromatic N) is 1. The number of carbonyl (C=O) groups is 1. The summed E-state index contributed by atoms with van der Waals surface area (Å²) in [6.07, 6.45) is 7.34. The van der Waals surface area contributed by atoms with Gasteiger partial charge in [0, 0.05) is 0 Å². The molecule has 82 valence electrons. The van der Waals surface area contributed by atoms with Gasteiger partial charge in [-0.2, -0.15) is 5.26 Å². The largest absolute Gasteiger partial charge is 0.462 e. The molecule has 0 saturated heterocycles. The van der Waals surface area contributed by atoms with Gasteiger partial charge in [0.25, 0.3) is 0 Å². The summed E-state index contributed by atoms with van der Waals surface area (Å²) in [7, 11) is 0. The molecule has 1 aliphatic rings. The van der Waals surface area contributed by atoms with E-state index in [-0.39, 0.29) is 5.57 Å². The lowest BCUT2D eigenvalue weighted by molar-refractivity contribution is -0.138. The molecule has 0 heterocycles. The summed E-state index contributed by atoms with van der Waals surface area (Å²) in [5.41, 5.74) is -0.112. The van der Waals surface area contributed by atoms with Gasteiger partial charge in [-0.3, -0.25) is 0 Å². The van der Waals surface area contributed by atoms with Gasteiger partial charge in [0.15, 0.2) is 0 Å². The highest BCUT2D eigenvalue weighted by Gasteiger charge is 2.14. The van der Waals surface area contributed by atoms with Crippen molar-refractivity contribution in [2.75, 3.05) is 6.61 Å². The molecule has 0 bridgehead atoms. The minimum absolute atomic E-state index is 0.112. The Morgan fingerprint density at radius 3 is 2.67 bits per heavy atom. The van der Waals surface area contributed by atoms with Crippen LogP contribution in [0.1, 0.15) is 38.5 Å². The van der Waals surface area contributed by atoms with Crippen LogP contribution >= 0.6 is 0 Å². The van der Waals surface area contributed by atoms with Gasteiger partial charge in [0.2, 0.25) is 0 Å². The van der Waals surface area contributed by atoms with E-state index in [1.54, 1.807) is 6.07 Å². The van der Waals surface area contributed by atoms with Crippen LogP contribution in [0.5, 0.6) is 0 Å². The standard InChI is InChI=1S/C12H17NO2/c1-10(9-13)12(14)15-8-7-11-5-3-2-4-6-11/h11H,1-8H2. The second kappa shape index (κ2) is 6.23. The van der Waals surface area contributed by atoms with Gasteiger partial charge in [-0.1, -0.05) is 38.7 Å². The monoisotopic (exact) mass is 207 g/mol. The fourth-order valence-corrected chi connectivity index (χ4v) is 1.93. The number of carbonyl (C=O) groups excluding carboxylic acids is 1. The van der Waals surface area contributed by atoms with Gasteiger partial charge < -0.3 is 4.74 Å². The van der Waals surface area contributed by atoms with E-state index < -0.39 is 5.97 Å². The highest BCUT2D eigenvalue weighted by molar-refractivity contribution is 5.91. The zero-order valence-electron chi connectivity index (χ0n) is 9.00. The second-order valence-electron chi connectivity index (χ2n) is 4.02. The normalized spacial score (nSPS) is 16.7. The van der Waals surface area contributed by atoms with Crippen molar-refractivity contribution in [1.82, 2.24) is 0 Å². The van der Waals surface area contributed by atoms with E-state index in [1.807, 2.05) is 0 Å². The summed E-state index contributed by atoms with van der Waals surface area (Å²) in [6, 6.07) is 1.68. The van der Waals surface area contributed by atoms with Crippen LogP contribution in [-0.2, 0) is 9.53 Å². The highest BCUT2D eigenvalue weighted by Crippen LogP contribution is 2.26. The maximum Gasteiger partial charge on any atom is 0.348 e. The number of nitriles is 1. The van der Waals surface area contributed by atoms with Crippen molar-refractivity contribution >= 4 is 5.97 Å². The topological polar surface area (TPSA) is 50.1 Å². The van der Waals surface area contributed by atoms with Crippen molar-refractivity contribution in [3.05, 3.63) is 12.2 Å². The van der Waals surface area contributed by atoms with Crippen molar-refractivity contribution in [1.29, 1.82) is 5.26 Å². The van der Waals surface area contributed by atoms with Crippen molar-refractivity contribution < 1.29 is 9.53 Å². The molecule has 3 nitrogen and oxygen atoms in total. The fourth-order valence-electron chi connectivity index (χ4n) is 1.93. The SMILES string of the molecule is C=C(C#N)C(=O)OCCC1CCCCC1. The molecule has 3 heteroatoms. The lowest BCUT2D eigenvalue weighted by atomic mass is 9.87. The summed E-state index contributed by atoms with van der Waals surface area (Å²) in [5.74, 6) is 0.121. The Kier molecular flexibility index (Phi) is 4.89. The molecular formula is C12H17NO2. The summed E-state index contributed by atoms with van der Waals surface area (Å²) in [4.78, 5) is 11.1. The van der Waals surface area contributed by atoms with E-state index in [0.717, 1.165) is 6.42 Å². The van der Waals surface area contributed by atoms with Gasteiger partial charge in [-0.25, -0.2) is 4.79 Å². The molecule has 1 rings (SSSR count). The molecule has 1 saturated carbocycles. The molecule has 0 aliphatic heterocycles. The number of hydrogen-bond acceptors (Lipinski definition) is 3. The first-order chi connectivity index (χ1) is 7.24. The van der Waals surface area contributed by atoms with Crippen LogP contribution < -0.4 is 0 Å². The molecular weight excluding hydrogens is 190 g/mol. The molecule has 0 aromatic rings. The predicted octanol–water partition coefficient (Wildman–Crippen LogP) is 2.58. The summed E-state index contributed by atoms with van der Waals surface area (Å²) in [6.45, 7) is 3.72. The van der Waals surface area contributed by atoms with Crippen molar-refractivity contribution in [3.63, 3.8) is 0 Å². The molecule has 0 amide bonds. The Morgan fingerprint density at radius 1 is 1.40 bits per heavy atom. The maximum absolute atomic E-state index is 11.1. The van der Waals surface area contributed by atoms with Crippen LogP contribution in [0.3, 0.4) is 0 Å². The molecule has 0 unspecified atom stereocenters. The van der Waals surface area contributed by atoms with Crippen molar-refractivity contribution in [2.45, 2.75) is 38.5 Å². The molecule has 0 radical (unpaired) electrons. The van der Waals surface area contributed by atoms with Crippen LogP contribution in [0.4, 0.5) is 0 Å². The first-order valence-electron chi connectivity index (χ1n) is 5.50. The Morgan fingerprint density at radius 2 is 2.07 bits per heavy atom. The Balaban J connectivity index is 2.13. The summed E-state index contributed by atoms with van der Waals surface area (Å²) >= 11 is 0. The van der Waals surface area contributed by atoms with Crippen LogP contribution in [0.2, 0.25) is 0 Å². The smallest absolute Gasteiger partial charge is 0.348 e. The highest BCUT2D eigenvalue weighted by atomic mass is 16.5. The molecule has 15 heavy (non-hydrogen) atoms. The van der Waals surface area contributed by atoms with Gasteiger partial charge >= 0.3 is 5.97 Å². The molecule has 0 aromatic heterocycles. The van der Waals surface area contributed by atoms with E-state index in [2.05, 4.69) is 6.58 Å².